The zero-order chi connectivity index (χ0) is 17.8. The van der Waals surface area contributed by atoms with Gasteiger partial charge in [0.2, 0.25) is 0 Å². The van der Waals surface area contributed by atoms with E-state index in [1.54, 1.807) is 5.56 Å². The van der Waals surface area contributed by atoms with Crippen molar-refractivity contribution in [2.45, 2.75) is 71.0 Å². The first-order chi connectivity index (χ1) is 11.8. The molecule has 0 bridgehead atoms. The van der Waals surface area contributed by atoms with Crippen LogP contribution in [0.15, 0.2) is 18.2 Å². The van der Waals surface area contributed by atoms with Crippen LogP contribution in [0.4, 0.5) is 0 Å². The highest BCUT2D eigenvalue weighted by atomic mass is 28.3. The number of ketones is 1. The monoisotopic (exact) mass is 350 g/mol. The van der Waals surface area contributed by atoms with Crippen molar-refractivity contribution in [3.05, 3.63) is 34.9 Å². The van der Waals surface area contributed by atoms with Crippen LogP contribution in [-0.2, 0) is 11.2 Å². The van der Waals surface area contributed by atoms with E-state index in [1.165, 1.54) is 30.4 Å². The maximum atomic E-state index is 12.4. The number of Topliss-reactive ketones (excluding diaryl/α,β-unsaturated/α-hetero) is 1. The lowest BCUT2D eigenvalue weighted by Gasteiger charge is -2.48. The molecule has 3 aliphatic carbocycles. The summed E-state index contributed by atoms with van der Waals surface area (Å²) in [5.41, 5.74) is 7.76. The summed E-state index contributed by atoms with van der Waals surface area (Å²) in [5.74, 6) is 5.98. The van der Waals surface area contributed by atoms with Crippen LogP contribution in [0.3, 0.4) is 0 Å². The van der Waals surface area contributed by atoms with Gasteiger partial charge in [0.05, 0.1) is 0 Å². The van der Waals surface area contributed by atoms with Crippen molar-refractivity contribution < 1.29 is 4.79 Å². The van der Waals surface area contributed by atoms with Crippen LogP contribution in [0.25, 0.3) is 0 Å². The number of benzene rings is 1. The molecule has 0 amide bonds. The summed E-state index contributed by atoms with van der Waals surface area (Å²) in [6.07, 6.45) is 6.66. The SMILES string of the molecule is C[C@]12CC[C@@H]3c4ccc(C#C[Si](C)(C)C)cc4CC[C@H]3[C@@H]1CCC2=O. The van der Waals surface area contributed by atoms with Crippen LogP contribution in [-0.4, -0.2) is 13.9 Å². The second kappa shape index (κ2) is 5.85. The van der Waals surface area contributed by atoms with Gasteiger partial charge in [-0.2, -0.15) is 0 Å². The van der Waals surface area contributed by atoms with Crippen molar-refractivity contribution in [2.75, 3.05) is 0 Å². The number of carbonyl (C=O) groups excluding carboxylic acids is 1. The predicted molar refractivity (Wildman–Crippen MR) is 106 cm³/mol. The number of carbonyl (C=O) groups is 1. The van der Waals surface area contributed by atoms with E-state index >= 15 is 0 Å². The molecule has 0 radical (unpaired) electrons. The second-order valence-electron chi connectivity index (χ2n) is 9.75. The van der Waals surface area contributed by atoms with E-state index in [0.29, 0.717) is 17.6 Å². The summed E-state index contributed by atoms with van der Waals surface area (Å²) < 4.78 is 0. The largest absolute Gasteiger partial charge is 0.299 e. The summed E-state index contributed by atoms with van der Waals surface area (Å²) in [7, 11) is -1.33. The number of hydrogen-bond donors (Lipinski definition) is 0. The maximum Gasteiger partial charge on any atom is 0.139 e. The molecule has 1 aromatic carbocycles. The van der Waals surface area contributed by atoms with Crippen LogP contribution >= 0.6 is 0 Å². The molecular formula is C23H30OSi. The summed E-state index contributed by atoms with van der Waals surface area (Å²) in [4.78, 5) is 12.4. The molecule has 2 saturated carbocycles. The van der Waals surface area contributed by atoms with Crippen molar-refractivity contribution in [1.82, 2.24) is 0 Å². The van der Waals surface area contributed by atoms with Crippen molar-refractivity contribution in [3.8, 4) is 11.5 Å². The average molecular weight is 351 g/mol. The Bertz CT molecular complexity index is 776. The van der Waals surface area contributed by atoms with Gasteiger partial charge < -0.3 is 0 Å². The zero-order valence-corrected chi connectivity index (χ0v) is 17.1. The normalized spacial score (nSPS) is 33.8. The summed E-state index contributed by atoms with van der Waals surface area (Å²) in [6, 6.07) is 6.95. The van der Waals surface area contributed by atoms with Crippen LogP contribution < -0.4 is 0 Å². The molecule has 0 unspecified atom stereocenters. The van der Waals surface area contributed by atoms with Gasteiger partial charge in [-0.25, -0.2) is 0 Å². The molecule has 4 atom stereocenters. The van der Waals surface area contributed by atoms with Gasteiger partial charge in [0.1, 0.15) is 13.9 Å². The molecule has 2 fully saturated rings. The Hall–Kier alpha value is -1.33. The third-order valence-electron chi connectivity index (χ3n) is 7.02. The van der Waals surface area contributed by atoms with Gasteiger partial charge in [0, 0.05) is 17.4 Å². The van der Waals surface area contributed by atoms with Crippen LogP contribution in [0.1, 0.15) is 61.6 Å². The highest BCUT2D eigenvalue weighted by molar-refractivity contribution is 6.83. The topological polar surface area (TPSA) is 17.1 Å². The zero-order valence-electron chi connectivity index (χ0n) is 16.1. The summed E-state index contributed by atoms with van der Waals surface area (Å²) >= 11 is 0. The third-order valence-corrected chi connectivity index (χ3v) is 7.89. The van der Waals surface area contributed by atoms with E-state index in [2.05, 4.69) is 56.2 Å². The Labute approximate surface area is 153 Å². The molecule has 25 heavy (non-hydrogen) atoms. The number of hydrogen-bond acceptors (Lipinski definition) is 1. The fourth-order valence-corrected chi connectivity index (χ4v) is 6.21. The van der Waals surface area contributed by atoms with E-state index in [1.807, 2.05) is 0 Å². The molecule has 0 aromatic heterocycles. The van der Waals surface area contributed by atoms with E-state index in [9.17, 15) is 4.79 Å². The Morgan fingerprint density at radius 2 is 1.92 bits per heavy atom. The molecule has 0 saturated heterocycles. The molecule has 0 spiro atoms. The highest BCUT2D eigenvalue weighted by Crippen LogP contribution is 2.59. The van der Waals surface area contributed by atoms with Crippen molar-refractivity contribution in [1.29, 1.82) is 0 Å². The molecule has 0 N–H and O–H groups in total. The first-order valence-electron chi connectivity index (χ1n) is 9.97. The fraction of sp³-hybridized carbons (Fsp3) is 0.609. The van der Waals surface area contributed by atoms with Crippen LogP contribution in [0.2, 0.25) is 19.6 Å². The van der Waals surface area contributed by atoms with Gasteiger partial charge >= 0.3 is 0 Å². The lowest BCUT2D eigenvalue weighted by molar-refractivity contribution is -0.129. The molecule has 4 rings (SSSR count). The smallest absolute Gasteiger partial charge is 0.139 e. The minimum atomic E-state index is -1.33. The van der Waals surface area contributed by atoms with Crippen LogP contribution in [0, 0.1) is 28.7 Å². The van der Waals surface area contributed by atoms with E-state index in [0.717, 1.165) is 25.2 Å². The standard InChI is InChI=1S/C23H30OSi/c1-23-13-11-19-18-7-5-16(12-14-25(2,3)4)15-17(18)6-8-20(19)21(23)9-10-22(23)24/h5,7,15,19-21H,6,8-11,13H2,1-4H3/t19-,20-,21+,23+/m1/s1. The summed E-state index contributed by atoms with van der Waals surface area (Å²) in [6.45, 7) is 9.15. The van der Waals surface area contributed by atoms with E-state index in [-0.39, 0.29) is 5.41 Å². The Kier molecular flexibility index (Phi) is 4.00. The molecular weight excluding hydrogens is 320 g/mol. The highest BCUT2D eigenvalue weighted by Gasteiger charge is 2.54. The quantitative estimate of drug-likeness (QED) is 0.456. The number of fused-ring (bicyclic) bond motifs is 5. The Morgan fingerprint density at radius 3 is 2.68 bits per heavy atom. The van der Waals surface area contributed by atoms with Crippen LogP contribution in [0.5, 0.6) is 0 Å². The lowest BCUT2D eigenvalue weighted by atomic mass is 9.55. The van der Waals surface area contributed by atoms with Gasteiger partial charge in [-0.3, -0.25) is 4.79 Å². The minimum absolute atomic E-state index is 0.0125. The minimum Gasteiger partial charge on any atom is -0.299 e. The van der Waals surface area contributed by atoms with Gasteiger partial charge in [0.15, 0.2) is 0 Å². The molecule has 1 aromatic rings. The lowest BCUT2D eigenvalue weighted by Crippen LogP contribution is -2.42. The van der Waals surface area contributed by atoms with Gasteiger partial charge in [-0.05, 0) is 73.1 Å². The van der Waals surface area contributed by atoms with Gasteiger partial charge in [-0.15, -0.1) is 5.54 Å². The second-order valence-corrected chi connectivity index (χ2v) is 14.5. The summed E-state index contributed by atoms with van der Waals surface area (Å²) in [5, 5.41) is 0. The molecule has 3 aliphatic rings. The number of aryl methyl sites for hydroxylation is 1. The third kappa shape index (κ3) is 2.91. The molecule has 1 nitrogen and oxygen atoms in total. The van der Waals surface area contributed by atoms with E-state index < -0.39 is 8.07 Å². The molecule has 2 heteroatoms. The first-order valence-corrected chi connectivity index (χ1v) is 13.5. The molecule has 0 heterocycles. The Balaban J connectivity index is 1.63. The average Bonchev–Trinajstić information content (AvgIpc) is 2.87. The van der Waals surface area contributed by atoms with E-state index in [4.69, 9.17) is 0 Å². The molecule has 0 aliphatic heterocycles. The first kappa shape index (κ1) is 17.1. The maximum absolute atomic E-state index is 12.4. The van der Waals surface area contributed by atoms with Crippen molar-refractivity contribution in [3.63, 3.8) is 0 Å². The fourth-order valence-electron chi connectivity index (χ4n) is 5.69. The van der Waals surface area contributed by atoms with Gasteiger partial charge in [-0.1, -0.05) is 38.6 Å². The number of rotatable bonds is 0. The van der Waals surface area contributed by atoms with Crippen molar-refractivity contribution >= 4 is 13.9 Å². The van der Waals surface area contributed by atoms with Gasteiger partial charge in [0.25, 0.3) is 0 Å². The predicted octanol–water partition coefficient (Wildman–Crippen LogP) is 5.34. The Morgan fingerprint density at radius 1 is 1.12 bits per heavy atom. The van der Waals surface area contributed by atoms with Crippen molar-refractivity contribution in [2.24, 2.45) is 17.3 Å². The molecule has 132 valence electrons.